The lowest BCUT2D eigenvalue weighted by atomic mass is 10.2. The van der Waals surface area contributed by atoms with Crippen molar-refractivity contribution in [1.82, 2.24) is 14.1 Å². The van der Waals surface area contributed by atoms with Crippen LogP contribution in [0.5, 0.6) is 0 Å². The molecule has 2 N–H and O–H groups in total. The minimum absolute atomic E-state index is 0.0492. The Morgan fingerprint density at radius 1 is 1.17 bits per heavy atom. The fourth-order valence-corrected chi connectivity index (χ4v) is 3.28. The Morgan fingerprint density at radius 3 is 2.59 bits per heavy atom. The number of carbonyl (C=O) groups excluding carboxylic acids is 1. The molecule has 0 spiro atoms. The number of hydrogen-bond donors (Lipinski definition) is 2. The van der Waals surface area contributed by atoms with E-state index in [0.29, 0.717) is 24.0 Å². The van der Waals surface area contributed by atoms with E-state index in [2.05, 4.69) is 10.3 Å². The number of carbonyl (C=O) groups is 1. The quantitative estimate of drug-likeness (QED) is 0.547. The van der Waals surface area contributed by atoms with Gasteiger partial charge in [-0.15, -0.1) is 0 Å². The molecule has 3 aromatic heterocycles. The third-order valence-electron chi connectivity index (χ3n) is 4.70. The van der Waals surface area contributed by atoms with Crippen molar-refractivity contribution in [3.05, 3.63) is 73.2 Å². The molecule has 4 rings (SSSR count). The molecule has 0 aliphatic carbocycles. The van der Waals surface area contributed by atoms with Crippen LogP contribution in [0.1, 0.15) is 23.7 Å². The largest absolute Gasteiger partial charge is 0.419 e. The number of amides is 1. The molecule has 0 unspecified atom stereocenters. The van der Waals surface area contributed by atoms with Crippen molar-refractivity contribution in [1.29, 1.82) is 0 Å². The lowest BCUT2D eigenvalue weighted by Crippen LogP contribution is -2.38. The number of aromatic amines is 1. The van der Waals surface area contributed by atoms with Crippen LogP contribution in [0, 0.1) is 0 Å². The van der Waals surface area contributed by atoms with Crippen molar-refractivity contribution >= 4 is 33.7 Å². The molecule has 0 radical (unpaired) electrons. The Labute approximate surface area is 163 Å². The number of aromatic nitrogens is 3. The van der Waals surface area contributed by atoms with Crippen LogP contribution in [0.3, 0.4) is 0 Å². The molecule has 1 amide bonds. The molecule has 3 heterocycles. The summed E-state index contributed by atoms with van der Waals surface area (Å²) in [6.45, 7) is 2.29. The highest BCUT2D eigenvalue weighted by atomic mass is 16.4. The van der Waals surface area contributed by atoms with Gasteiger partial charge in [0.15, 0.2) is 5.58 Å². The number of nitrogens with zero attached hydrogens (tertiary/aromatic N) is 2. The predicted molar refractivity (Wildman–Crippen MR) is 109 cm³/mol. The molecule has 0 atom stereocenters. The smallest absolute Gasteiger partial charge is 0.360 e. The van der Waals surface area contributed by atoms with Gasteiger partial charge in [0.05, 0.1) is 5.52 Å². The van der Waals surface area contributed by atoms with Gasteiger partial charge in [-0.2, -0.15) is 0 Å². The second-order valence-electron chi connectivity index (χ2n) is 6.66. The number of fused-ring (bicyclic) bond motifs is 3. The van der Waals surface area contributed by atoms with Gasteiger partial charge in [0, 0.05) is 19.2 Å². The second-order valence-corrected chi connectivity index (χ2v) is 6.66. The van der Waals surface area contributed by atoms with Crippen LogP contribution in [0.2, 0.25) is 0 Å². The van der Waals surface area contributed by atoms with Crippen LogP contribution in [-0.2, 0) is 13.6 Å². The van der Waals surface area contributed by atoms with Crippen LogP contribution in [0.25, 0.3) is 22.1 Å². The van der Waals surface area contributed by atoms with Gasteiger partial charge in [-0.1, -0.05) is 25.1 Å². The molecular weight excluding hydrogens is 376 g/mol. The molecule has 9 nitrogen and oxygen atoms in total. The fourth-order valence-electron chi connectivity index (χ4n) is 3.28. The standard InChI is InChI=1S/C20H18N4O5/c1-3-9-24-16-14(18(26)23(2)20(24)28)15-12(21-16)10-13(19(27)29-15)22-17(25)11-7-5-4-6-8-11/h4-8,10,21H,3,9H2,1-2H3,(H,22,25). The van der Waals surface area contributed by atoms with Gasteiger partial charge in [-0.05, 0) is 24.6 Å². The molecule has 9 heteroatoms. The highest BCUT2D eigenvalue weighted by Crippen LogP contribution is 2.23. The maximum atomic E-state index is 12.6. The second kappa shape index (κ2) is 6.93. The monoisotopic (exact) mass is 394 g/mol. The zero-order valence-corrected chi connectivity index (χ0v) is 15.8. The zero-order valence-electron chi connectivity index (χ0n) is 15.8. The third-order valence-corrected chi connectivity index (χ3v) is 4.70. The van der Waals surface area contributed by atoms with E-state index in [0.717, 1.165) is 4.57 Å². The normalized spacial score (nSPS) is 11.2. The summed E-state index contributed by atoms with van der Waals surface area (Å²) in [7, 11) is 1.38. The van der Waals surface area contributed by atoms with Crippen molar-refractivity contribution < 1.29 is 9.21 Å². The Bertz CT molecular complexity index is 1420. The molecule has 1 aromatic carbocycles. The van der Waals surface area contributed by atoms with Crippen LogP contribution >= 0.6 is 0 Å². The number of anilines is 1. The molecule has 148 valence electrons. The van der Waals surface area contributed by atoms with Gasteiger partial charge in [-0.3, -0.25) is 18.7 Å². The SMILES string of the molecule is CCCn1c(=O)n(C)c(=O)c2c3oc(=O)c(NC(=O)c4ccccc4)cc3[nH]c21. The molecule has 0 fully saturated rings. The van der Waals surface area contributed by atoms with Crippen molar-refractivity contribution in [3.8, 4) is 0 Å². The van der Waals surface area contributed by atoms with E-state index in [1.165, 1.54) is 17.7 Å². The lowest BCUT2D eigenvalue weighted by molar-refractivity contribution is 0.102. The van der Waals surface area contributed by atoms with Crippen LogP contribution < -0.4 is 22.2 Å². The summed E-state index contributed by atoms with van der Waals surface area (Å²) in [6.07, 6.45) is 0.672. The first-order valence-electron chi connectivity index (χ1n) is 9.08. The highest BCUT2D eigenvalue weighted by Gasteiger charge is 2.20. The zero-order chi connectivity index (χ0) is 20.7. The molecule has 0 saturated carbocycles. The Balaban J connectivity index is 1.92. The van der Waals surface area contributed by atoms with E-state index in [9.17, 15) is 19.2 Å². The molecular formula is C20H18N4O5. The van der Waals surface area contributed by atoms with Crippen LogP contribution in [0.15, 0.2) is 55.2 Å². The van der Waals surface area contributed by atoms with Gasteiger partial charge in [-0.25, -0.2) is 9.59 Å². The highest BCUT2D eigenvalue weighted by molar-refractivity contribution is 6.06. The number of H-pyrrole nitrogens is 1. The average molecular weight is 394 g/mol. The van der Waals surface area contributed by atoms with Crippen molar-refractivity contribution in [2.24, 2.45) is 7.05 Å². The van der Waals surface area contributed by atoms with Crippen LogP contribution in [-0.4, -0.2) is 20.0 Å². The van der Waals surface area contributed by atoms with Gasteiger partial charge < -0.3 is 14.7 Å². The van der Waals surface area contributed by atoms with Gasteiger partial charge >= 0.3 is 11.3 Å². The molecule has 0 aliphatic heterocycles. The first kappa shape index (κ1) is 18.5. The predicted octanol–water partition coefficient (Wildman–Crippen LogP) is 1.80. The lowest BCUT2D eigenvalue weighted by Gasteiger charge is -2.07. The van der Waals surface area contributed by atoms with Gasteiger partial charge in [0.1, 0.15) is 16.7 Å². The summed E-state index contributed by atoms with van der Waals surface area (Å²) < 4.78 is 7.77. The van der Waals surface area contributed by atoms with Crippen molar-refractivity contribution in [3.63, 3.8) is 0 Å². The summed E-state index contributed by atoms with van der Waals surface area (Å²) in [4.78, 5) is 52.9. The summed E-state index contributed by atoms with van der Waals surface area (Å²) in [5.41, 5.74) is -0.844. The Hall–Kier alpha value is -3.88. The van der Waals surface area contributed by atoms with E-state index in [1.54, 1.807) is 30.3 Å². The van der Waals surface area contributed by atoms with Crippen LogP contribution in [0.4, 0.5) is 5.69 Å². The molecule has 0 aliphatic rings. The Morgan fingerprint density at radius 2 is 1.90 bits per heavy atom. The summed E-state index contributed by atoms with van der Waals surface area (Å²) in [5.74, 6) is -0.466. The first-order chi connectivity index (χ1) is 13.9. The van der Waals surface area contributed by atoms with E-state index in [-0.39, 0.29) is 22.3 Å². The number of benzene rings is 1. The first-order valence-corrected chi connectivity index (χ1v) is 9.08. The number of nitrogens with one attached hydrogen (secondary N) is 2. The number of hydrogen-bond acceptors (Lipinski definition) is 5. The molecule has 4 aromatic rings. The maximum absolute atomic E-state index is 12.6. The molecule has 29 heavy (non-hydrogen) atoms. The average Bonchev–Trinajstić information content (AvgIpc) is 3.08. The third kappa shape index (κ3) is 2.96. The van der Waals surface area contributed by atoms with E-state index >= 15 is 0 Å². The van der Waals surface area contributed by atoms with Gasteiger partial charge in [0.2, 0.25) is 0 Å². The van der Waals surface area contributed by atoms with E-state index < -0.39 is 22.8 Å². The number of rotatable bonds is 4. The maximum Gasteiger partial charge on any atom is 0.360 e. The minimum Gasteiger partial charge on any atom is -0.419 e. The summed E-state index contributed by atoms with van der Waals surface area (Å²) in [5, 5.41) is 2.64. The summed E-state index contributed by atoms with van der Waals surface area (Å²) in [6, 6.07) is 9.83. The minimum atomic E-state index is -0.794. The van der Waals surface area contributed by atoms with Crippen molar-refractivity contribution in [2.75, 3.05) is 5.32 Å². The van der Waals surface area contributed by atoms with Crippen molar-refractivity contribution in [2.45, 2.75) is 19.9 Å². The fraction of sp³-hybridized carbons (Fsp3) is 0.200. The van der Waals surface area contributed by atoms with E-state index in [4.69, 9.17) is 4.42 Å². The van der Waals surface area contributed by atoms with E-state index in [1.807, 2.05) is 6.92 Å². The summed E-state index contributed by atoms with van der Waals surface area (Å²) >= 11 is 0. The molecule has 0 saturated heterocycles. The number of aryl methyl sites for hydroxylation is 1. The Kier molecular flexibility index (Phi) is 4.42. The molecule has 0 bridgehead atoms. The van der Waals surface area contributed by atoms with Gasteiger partial charge in [0.25, 0.3) is 11.5 Å². The topological polar surface area (TPSA) is 119 Å².